The van der Waals surface area contributed by atoms with Gasteiger partial charge in [0, 0.05) is 11.9 Å². The van der Waals surface area contributed by atoms with E-state index in [9.17, 15) is 0 Å². The molecule has 0 aromatic heterocycles. The molecule has 0 unspecified atom stereocenters. The first-order valence-electron chi connectivity index (χ1n) is 2.95. The standard InChI is InChI=1S/2C2H4O2.C2H6O2.Co/c2*1-2(3)4;3-1-2-4;/h2*1H3,(H,3,4);3-4H,1-2H2;/q;;;+2/p-2. The minimum absolute atomic E-state index is 0. The van der Waals surface area contributed by atoms with Gasteiger partial charge in [-0.05, 0) is 13.8 Å². The number of aliphatic hydroxyl groups is 2. The number of aliphatic hydroxyl groups excluding tert-OH is 2. The van der Waals surface area contributed by atoms with E-state index in [0.29, 0.717) is 0 Å². The molecule has 0 heterocycles. The number of hydrogen-bond donors (Lipinski definition) is 2. The summed E-state index contributed by atoms with van der Waals surface area (Å²) in [4.78, 5) is 17.8. The van der Waals surface area contributed by atoms with Gasteiger partial charge in [0.15, 0.2) is 0 Å². The first-order valence-corrected chi connectivity index (χ1v) is 2.95. The molecular formula is C6H12CoO6. The topological polar surface area (TPSA) is 121 Å². The molecule has 0 aliphatic heterocycles. The van der Waals surface area contributed by atoms with E-state index >= 15 is 0 Å². The zero-order chi connectivity index (χ0) is 10.6. The normalized spacial score (nSPS) is 6.15. The molecule has 7 heteroatoms. The average Bonchev–Trinajstić information content (AvgIpc) is 1.85. The van der Waals surface area contributed by atoms with Crippen molar-refractivity contribution in [3.05, 3.63) is 0 Å². The summed E-state index contributed by atoms with van der Waals surface area (Å²) in [5.74, 6) is -2.17. The SMILES string of the molecule is CC(=O)[O-].CC(=O)[O-].OCCO.[Co+2]. The van der Waals surface area contributed by atoms with Gasteiger partial charge in [-0.1, -0.05) is 0 Å². The van der Waals surface area contributed by atoms with Crippen LogP contribution >= 0.6 is 0 Å². The Bertz CT molecular complexity index is 93.7. The second kappa shape index (κ2) is 22.5. The molecule has 0 aromatic rings. The number of hydrogen-bond acceptors (Lipinski definition) is 6. The van der Waals surface area contributed by atoms with Crippen molar-refractivity contribution in [2.45, 2.75) is 13.8 Å². The molecule has 0 saturated heterocycles. The smallest absolute Gasteiger partial charge is 0.550 e. The number of carboxylic acids is 2. The fourth-order valence-electron chi connectivity index (χ4n) is 0. The van der Waals surface area contributed by atoms with Crippen LogP contribution in [0, 0.1) is 0 Å². The molecule has 0 rings (SSSR count). The minimum Gasteiger partial charge on any atom is -0.550 e. The maximum absolute atomic E-state index is 8.89. The van der Waals surface area contributed by atoms with Crippen molar-refractivity contribution in [2.24, 2.45) is 0 Å². The number of carbonyl (C=O) groups is 2. The summed E-state index contributed by atoms with van der Waals surface area (Å²) in [5.41, 5.74) is 0. The largest absolute Gasteiger partial charge is 2.00 e. The summed E-state index contributed by atoms with van der Waals surface area (Å²) in [5, 5.41) is 33.0. The molecule has 0 aliphatic carbocycles. The molecule has 0 amide bonds. The zero-order valence-corrected chi connectivity index (χ0v) is 8.32. The Kier molecular flexibility index (Phi) is 39.5. The second-order valence-electron chi connectivity index (χ2n) is 1.43. The van der Waals surface area contributed by atoms with E-state index in [2.05, 4.69) is 0 Å². The number of carbonyl (C=O) groups excluding carboxylic acids is 2. The molecule has 1 radical (unpaired) electrons. The van der Waals surface area contributed by atoms with Crippen LogP contribution in [0.1, 0.15) is 13.8 Å². The number of carboxylic acid groups (broad SMARTS) is 2. The summed E-state index contributed by atoms with van der Waals surface area (Å²) in [7, 11) is 0. The van der Waals surface area contributed by atoms with E-state index in [1.807, 2.05) is 0 Å². The quantitative estimate of drug-likeness (QED) is 0.489. The number of aliphatic carboxylic acids is 2. The second-order valence-corrected chi connectivity index (χ2v) is 1.43. The molecular weight excluding hydrogens is 227 g/mol. The third-order valence-electron chi connectivity index (χ3n) is 0.1000. The molecule has 2 N–H and O–H groups in total. The van der Waals surface area contributed by atoms with Crippen LogP contribution < -0.4 is 10.2 Å². The van der Waals surface area contributed by atoms with Crippen molar-refractivity contribution in [2.75, 3.05) is 13.2 Å². The third kappa shape index (κ3) is 7420. The Morgan fingerprint density at radius 2 is 1.08 bits per heavy atom. The fraction of sp³-hybridized carbons (Fsp3) is 0.667. The van der Waals surface area contributed by atoms with Crippen LogP contribution in [-0.2, 0) is 26.4 Å². The van der Waals surface area contributed by atoms with E-state index in [-0.39, 0.29) is 30.0 Å². The molecule has 13 heavy (non-hydrogen) atoms. The monoisotopic (exact) mass is 239 g/mol. The summed E-state index contributed by atoms with van der Waals surface area (Å²) in [6.45, 7) is 1.69. The zero-order valence-electron chi connectivity index (χ0n) is 7.27. The van der Waals surface area contributed by atoms with Gasteiger partial charge in [0.05, 0.1) is 13.2 Å². The predicted molar refractivity (Wildman–Crippen MR) is 35.5 cm³/mol. The van der Waals surface area contributed by atoms with Gasteiger partial charge in [-0.15, -0.1) is 0 Å². The summed E-state index contributed by atoms with van der Waals surface area (Å²) in [6, 6.07) is 0. The third-order valence-corrected chi connectivity index (χ3v) is 0.1000. The first kappa shape index (κ1) is 22.8. The molecule has 6 nitrogen and oxygen atoms in total. The molecule has 81 valence electrons. The van der Waals surface area contributed by atoms with E-state index in [0.717, 1.165) is 13.8 Å². The average molecular weight is 239 g/mol. The van der Waals surface area contributed by atoms with E-state index in [1.54, 1.807) is 0 Å². The van der Waals surface area contributed by atoms with Gasteiger partial charge in [-0.25, -0.2) is 0 Å². The first-order chi connectivity index (χ1) is 5.38. The Morgan fingerprint density at radius 3 is 1.08 bits per heavy atom. The Balaban J connectivity index is -0.0000000450. The van der Waals surface area contributed by atoms with E-state index in [4.69, 9.17) is 30.0 Å². The fourth-order valence-corrected chi connectivity index (χ4v) is 0. The van der Waals surface area contributed by atoms with Crippen LogP contribution in [0.5, 0.6) is 0 Å². The number of rotatable bonds is 1. The van der Waals surface area contributed by atoms with Crippen molar-refractivity contribution < 1.29 is 46.8 Å². The van der Waals surface area contributed by atoms with Crippen LogP contribution in [0.2, 0.25) is 0 Å². The predicted octanol–water partition coefficient (Wildman–Crippen LogP) is -3.52. The molecule has 0 atom stereocenters. The van der Waals surface area contributed by atoms with Crippen LogP contribution in [0.4, 0.5) is 0 Å². The van der Waals surface area contributed by atoms with E-state index in [1.165, 1.54) is 0 Å². The Labute approximate surface area is 86.4 Å². The molecule has 0 spiro atoms. The minimum atomic E-state index is -1.08. The van der Waals surface area contributed by atoms with Crippen molar-refractivity contribution >= 4 is 11.9 Å². The van der Waals surface area contributed by atoms with Gasteiger partial charge in [-0.3, -0.25) is 0 Å². The van der Waals surface area contributed by atoms with Crippen LogP contribution in [0.3, 0.4) is 0 Å². The van der Waals surface area contributed by atoms with Gasteiger partial charge in [-0.2, -0.15) is 0 Å². The maximum atomic E-state index is 8.89. The molecule has 0 aliphatic rings. The summed E-state index contributed by atoms with van der Waals surface area (Å²) in [6.07, 6.45) is 0. The molecule has 0 bridgehead atoms. The van der Waals surface area contributed by atoms with Gasteiger partial charge < -0.3 is 30.0 Å². The Hall–Kier alpha value is -0.634. The van der Waals surface area contributed by atoms with Crippen molar-refractivity contribution in [3.8, 4) is 0 Å². The van der Waals surface area contributed by atoms with Crippen molar-refractivity contribution in [1.82, 2.24) is 0 Å². The summed E-state index contributed by atoms with van der Waals surface area (Å²) >= 11 is 0. The van der Waals surface area contributed by atoms with Crippen LogP contribution in [-0.4, -0.2) is 35.4 Å². The van der Waals surface area contributed by atoms with Crippen LogP contribution in [0.25, 0.3) is 0 Å². The molecule has 0 saturated carbocycles. The molecule has 0 fully saturated rings. The van der Waals surface area contributed by atoms with Crippen LogP contribution in [0.15, 0.2) is 0 Å². The van der Waals surface area contributed by atoms with Gasteiger partial charge >= 0.3 is 16.8 Å². The van der Waals surface area contributed by atoms with Crippen molar-refractivity contribution in [3.63, 3.8) is 0 Å². The van der Waals surface area contributed by atoms with E-state index < -0.39 is 11.9 Å². The maximum Gasteiger partial charge on any atom is 2.00 e. The molecule has 0 aromatic carbocycles. The summed E-state index contributed by atoms with van der Waals surface area (Å²) < 4.78 is 0. The van der Waals surface area contributed by atoms with Gasteiger partial charge in [0.25, 0.3) is 0 Å². The van der Waals surface area contributed by atoms with Gasteiger partial charge in [0.2, 0.25) is 0 Å². The van der Waals surface area contributed by atoms with Gasteiger partial charge in [0.1, 0.15) is 0 Å². The Morgan fingerprint density at radius 1 is 1.00 bits per heavy atom. The van der Waals surface area contributed by atoms with Crippen molar-refractivity contribution in [1.29, 1.82) is 0 Å².